The number of carbonyl (C=O) groups is 3. The predicted molar refractivity (Wildman–Crippen MR) is 151 cm³/mol. The van der Waals surface area contributed by atoms with Gasteiger partial charge >= 0.3 is 5.97 Å². The Hall–Kier alpha value is -4.74. The van der Waals surface area contributed by atoms with Crippen LogP contribution < -0.4 is 10.5 Å². The average Bonchev–Trinajstić information content (AvgIpc) is 3.49. The molecule has 2 amide bonds. The van der Waals surface area contributed by atoms with Gasteiger partial charge in [0.1, 0.15) is 5.76 Å². The summed E-state index contributed by atoms with van der Waals surface area (Å²) in [6.07, 6.45) is 1.61. The molecule has 11 heteroatoms. The van der Waals surface area contributed by atoms with Crippen molar-refractivity contribution in [1.82, 2.24) is 10.2 Å². The molecule has 0 radical (unpaired) electrons. The van der Waals surface area contributed by atoms with Crippen LogP contribution >= 0.6 is 0 Å². The van der Waals surface area contributed by atoms with Crippen molar-refractivity contribution < 1.29 is 32.3 Å². The third kappa shape index (κ3) is 7.68. The van der Waals surface area contributed by atoms with Crippen molar-refractivity contribution in [2.24, 2.45) is 5.14 Å². The summed E-state index contributed by atoms with van der Waals surface area (Å²) in [5.41, 5.74) is 2.50. The topological polar surface area (TPSA) is 160 Å². The van der Waals surface area contributed by atoms with Gasteiger partial charge in [-0.1, -0.05) is 48.5 Å². The first kappa shape index (κ1) is 29.2. The standard InChI is InChI=1S/C30H29N3O7S/c31-41(38,39)23-13-11-21(12-14-23)15-17-33(18-16-28(34)35)30(37)27-10-4-2-8-25(27)24-7-1-3-9-26(24)29(36)32-20-22-6-5-19-40-22/h1-14,19H,15-18,20H2,(H,32,36)(H,34,35)(H2,31,38,39). The monoisotopic (exact) mass is 575 g/mol. The lowest BCUT2D eigenvalue weighted by molar-refractivity contribution is -0.137. The average molecular weight is 576 g/mol. The van der Waals surface area contributed by atoms with Crippen LogP contribution in [0.25, 0.3) is 11.1 Å². The number of carboxylic acid groups (broad SMARTS) is 1. The van der Waals surface area contributed by atoms with Crippen LogP contribution in [0.2, 0.25) is 0 Å². The molecule has 0 unspecified atom stereocenters. The van der Waals surface area contributed by atoms with Gasteiger partial charge in [0.2, 0.25) is 10.0 Å². The van der Waals surface area contributed by atoms with Gasteiger partial charge in [-0.05, 0) is 59.5 Å². The van der Waals surface area contributed by atoms with Gasteiger partial charge in [0, 0.05) is 24.2 Å². The van der Waals surface area contributed by atoms with Crippen molar-refractivity contribution in [3.63, 3.8) is 0 Å². The molecule has 4 N–H and O–H groups in total. The summed E-state index contributed by atoms with van der Waals surface area (Å²) < 4.78 is 28.4. The zero-order valence-corrected chi connectivity index (χ0v) is 22.8. The van der Waals surface area contributed by atoms with Gasteiger partial charge in [-0.25, -0.2) is 13.6 Å². The van der Waals surface area contributed by atoms with Crippen LogP contribution in [0.3, 0.4) is 0 Å². The quantitative estimate of drug-likeness (QED) is 0.232. The van der Waals surface area contributed by atoms with E-state index in [-0.39, 0.29) is 36.9 Å². The number of rotatable bonds is 12. The van der Waals surface area contributed by atoms with Gasteiger partial charge in [-0.3, -0.25) is 14.4 Å². The molecule has 4 aromatic rings. The molecular formula is C30H29N3O7S. The van der Waals surface area contributed by atoms with E-state index in [2.05, 4.69) is 5.32 Å². The highest BCUT2D eigenvalue weighted by Gasteiger charge is 2.23. The van der Waals surface area contributed by atoms with Crippen LogP contribution in [0.15, 0.2) is 101 Å². The summed E-state index contributed by atoms with van der Waals surface area (Å²) in [5, 5.41) is 17.3. The Morgan fingerprint density at radius 3 is 2.07 bits per heavy atom. The Labute approximate surface area is 237 Å². The summed E-state index contributed by atoms with van der Waals surface area (Å²) >= 11 is 0. The van der Waals surface area contributed by atoms with E-state index in [0.717, 1.165) is 5.56 Å². The molecule has 0 spiro atoms. The number of amides is 2. The SMILES string of the molecule is NS(=O)(=O)c1ccc(CCN(CCC(=O)O)C(=O)c2ccccc2-c2ccccc2C(=O)NCc2ccco2)cc1. The predicted octanol–water partition coefficient (Wildman–Crippen LogP) is 3.68. The fraction of sp³-hybridized carbons (Fsp3) is 0.167. The molecule has 41 heavy (non-hydrogen) atoms. The second-order valence-electron chi connectivity index (χ2n) is 9.23. The molecule has 0 aliphatic heterocycles. The van der Waals surface area contributed by atoms with Crippen LogP contribution in [0.1, 0.15) is 38.5 Å². The van der Waals surface area contributed by atoms with Crippen molar-refractivity contribution >= 4 is 27.8 Å². The van der Waals surface area contributed by atoms with E-state index in [0.29, 0.717) is 34.4 Å². The molecule has 4 rings (SSSR count). The molecule has 10 nitrogen and oxygen atoms in total. The van der Waals surface area contributed by atoms with Crippen LogP contribution in [0.4, 0.5) is 0 Å². The normalized spacial score (nSPS) is 11.1. The fourth-order valence-corrected chi connectivity index (χ4v) is 4.84. The Morgan fingerprint density at radius 1 is 0.829 bits per heavy atom. The lowest BCUT2D eigenvalue weighted by Crippen LogP contribution is -2.35. The van der Waals surface area contributed by atoms with Gasteiger partial charge in [0.15, 0.2) is 0 Å². The second-order valence-corrected chi connectivity index (χ2v) is 10.8. The minimum absolute atomic E-state index is 0.0270. The lowest BCUT2D eigenvalue weighted by atomic mass is 9.94. The zero-order valence-electron chi connectivity index (χ0n) is 22.0. The van der Waals surface area contributed by atoms with Crippen LogP contribution in [-0.2, 0) is 27.8 Å². The molecule has 0 bridgehead atoms. The summed E-state index contributed by atoms with van der Waals surface area (Å²) in [4.78, 5) is 39.7. The molecule has 0 aliphatic rings. The van der Waals surface area contributed by atoms with E-state index in [1.165, 1.54) is 23.3 Å². The fourth-order valence-electron chi connectivity index (χ4n) is 4.32. The largest absolute Gasteiger partial charge is 0.481 e. The number of furan rings is 1. The van der Waals surface area contributed by atoms with E-state index in [1.807, 2.05) is 0 Å². The van der Waals surface area contributed by atoms with Crippen molar-refractivity contribution in [2.75, 3.05) is 13.1 Å². The van der Waals surface area contributed by atoms with E-state index in [9.17, 15) is 27.9 Å². The summed E-state index contributed by atoms with van der Waals surface area (Å²) in [5.74, 6) is -1.19. The number of primary sulfonamides is 1. The van der Waals surface area contributed by atoms with Crippen molar-refractivity contribution in [3.8, 4) is 11.1 Å². The lowest BCUT2D eigenvalue weighted by Gasteiger charge is -2.24. The van der Waals surface area contributed by atoms with Gasteiger partial charge < -0.3 is 19.7 Å². The third-order valence-corrected chi connectivity index (χ3v) is 7.36. The number of nitrogens with zero attached hydrogens (tertiary/aromatic N) is 1. The molecule has 0 aliphatic carbocycles. The first-order valence-electron chi connectivity index (χ1n) is 12.8. The smallest absolute Gasteiger partial charge is 0.305 e. The van der Waals surface area contributed by atoms with E-state index in [1.54, 1.807) is 72.8 Å². The zero-order chi connectivity index (χ0) is 29.4. The molecule has 0 saturated heterocycles. The minimum atomic E-state index is -3.84. The number of nitrogens with one attached hydrogen (secondary N) is 1. The maximum absolute atomic E-state index is 13.8. The first-order valence-corrected chi connectivity index (χ1v) is 14.3. The number of sulfonamides is 1. The highest BCUT2D eigenvalue weighted by atomic mass is 32.2. The Bertz CT molecular complexity index is 1630. The highest BCUT2D eigenvalue weighted by molar-refractivity contribution is 7.89. The molecule has 1 aromatic heterocycles. The first-order chi connectivity index (χ1) is 19.6. The Balaban J connectivity index is 1.59. The van der Waals surface area contributed by atoms with E-state index in [4.69, 9.17) is 9.56 Å². The Kier molecular flexibility index (Phi) is 9.33. The number of nitrogens with two attached hydrogens (primary N) is 1. The Morgan fingerprint density at radius 2 is 1.46 bits per heavy atom. The summed E-state index contributed by atoms with van der Waals surface area (Å²) in [7, 11) is -3.84. The number of carbonyl (C=O) groups excluding carboxylic acids is 2. The maximum Gasteiger partial charge on any atom is 0.305 e. The molecule has 0 fully saturated rings. The molecular weight excluding hydrogens is 546 g/mol. The van der Waals surface area contributed by atoms with Crippen molar-refractivity contribution in [3.05, 3.63) is 114 Å². The van der Waals surface area contributed by atoms with E-state index < -0.39 is 21.9 Å². The second kappa shape index (κ2) is 13.1. The molecule has 1 heterocycles. The van der Waals surface area contributed by atoms with Crippen LogP contribution in [0, 0.1) is 0 Å². The molecule has 3 aromatic carbocycles. The number of carboxylic acids is 1. The number of aliphatic carboxylic acids is 1. The molecule has 212 valence electrons. The highest BCUT2D eigenvalue weighted by Crippen LogP contribution is 2.28. The minimum Gasteiger partial charge on any atom is -0.481 e. The maximum atomic E-state index is 13.8. The van der Waals surface area contributed by atoms with Gasteiger partial charge in [0.25, 0.3) is 11.8 Å². The van der Waals surface area contributed by atoms with Gasteiger partial charge in [0.05, 0.1) is 24.1 Å². The summed E-state index contributed by atoms with van der Waals surface area (Å²) in [6, 6.07) is 23.2. The molecule has 0 saturated carbocycles. The summed E-state index contributed by atoms with van der Waals surface area (Å²) in [6.45, 7) is 0.339. The van der Waals surface area contributed by atoms with Crippen LogP contribution in [-0.4, -0.2) is 49.3 Å². The van der Waals surface area contributed by atoms with Gasteiger partial charge in [-0.15, -0.1) is 0 Å². The van der Waals surface area contributed by atoms with E-state index >= 15 is 0 Å². The number of hydrogen-bond donors (Lipinski definition) is 3. The van der Waals surface area contributed by atoms with Gasteiger partial charge in [-0.2, -0.15) is 0 Å². The molecule has 0 atom stereocenters. The van der Waals surface area contributed by atoms with Crippen LogP contribution in [0.5, 0.6) is 0 Å². The number of hydrogen-bond acceptors (Lipinski definition) is 6. The third-order valence-electron chi connectivity index (χ3n) is 6.43. The number of benzene rings is 3. The van der Waals surface area contributed by atoms with Crippen molar-refractivity contribution in [1.29, 1.82) is 0 Å². The van der Waals surface area contributed by atoms with Crippen molar-refractivity contribution in [2.45, 2.75) is 24.3 Å².